The van der Waals surface area contributed by atoms with Gasteiger partial charge < -0.3 is 20.5 Å². The molecule has 1 aromatic carbocycles. The molecule has 2 aromatic rings. The Morgan fingerprint density at radius 1 is 1.27 bits per heavy atom. The number of hydrogen-bond donors (Lipinski definition) is 3. The number of halogens is 1. The number of hydrogen-bond acceptors (Lipinski definition) is 5. The summed E-state index contributed by atoms with van der Waals surface area (Å²) in [5, 5.41) is 15.2. The largest absolute Gasteiger partial charge is 0.478 e. The van der Waals surface area contributed by atoms with Crippen LogP contribution in [0.1, 0.15) is 22.3 Å². The summed E-state index contributed by atoms with van der Waals surface area (Å²) in [6.07, 6.45) is 2.88. The van der Waals surface area contributed by atoms with Crippen molar-refractivity contribution < 1.29 is 19.4 Å². The normalized spacial score (nSPS) is 15.8. The molecule has 1 saturated heterocycles. The molecule has 0 unspecified atom stereocenters. The predicted molar refractivity (Wildman–Crippen MR) is 101 cm³/mol. The number of benzene rings is 1. The van der Waals surface area contributed by atoms with Crippen LogP contribution in [0.25, 0.3) is 0 Å². The topological polar surface area (TPSA) is 101 Å². The first-order valence-electron chi connectivity index (χ1n) is 8.14. The Hall–Kier alpha value is -2.45. The van der Waals surface area contributed by atoms with Gasteiger partial charge in [0.1, 0.15) is 4.60 Å². The average molecular weight is 420 g/mol. The lowest BCUT2D eigenvalue weighted by molar-refractivity contribution is -0.115. The number of aromatic carboxylic acids is 1. The summed E-state index contributed by atoms with van der Waals surface area (Å²) < 4.78 is 6.07. The van der Waals surface area contributed by atoms with Crippen LogP contribution in [0, 0.1) is 0 Å². The average Bonchev–Trinajstić information content (AvgIpc) is 2.56. The van der Waals surface area contributed by atoms with E-state index in [4.69, 9.17) is 4.74 Å². The number of carboxylic acid groups (broad SMARTS) is 1. The van der Waals surface area contributed by atoms with E-state index in [0.717, 1.165) is 18.6 Å². The Morgan fingerprint density at radius 2 is 2.08 bits per heavy atom. The Morgan fingerprint density at radius 3 is 2.69 bits per heavy atom. The molecule has 3 rings (SSSR count). The van der Waals surface area contributed by atoms with Crippen LogP contribution < -0.4 is 10.6 Å². The Kier molecular flexibility index (Phi) is 5.85. The number of ether oxygens (including phenoxy) is 1. The van der Waals surface area contributed by atoms with Gasteiger partial charge in [0.05, 0.1) is 29.5 Å². The number of rotatable bonds is 7. The Balaban J connectivity index is 1.70. The second kappa shape index (κ2) is 8.29. The fourth-order valence-corrected chi connectivity index (χ4v) is 2.73. The third-order valence-corrected chi connectivity index (χ3v) is 4.48. The van der Waals surface area contributed by atoms with Crippen LogP contribution in [0.15, 0.2) is 41.1 Å². The molecule has 0 spiro atoms. The maximum Gasteiger partial charge on any atom is 0.335 e. The van der Waals surface area contributed by atoms with Crippen molar-refractivity contribution in [2.45, 2.75) is 18.9 Å². The van der Waals surface area contributed by atoms with Crippen LogP contribution in [0.5, 0.6) is 0 Å². The van der Waals surface area contributed by atoms with Crippen molar-refractivity contribution in [3.05, 3.63) is 52.3 Å². The number of carboxylic acids is 1. The smallest absolute Gasteiger partial charge is 0.335 e. The van der Waals surface area contributed by atoms with E-state index in [1.54, 1.807) is 18.3 Å². The second-order valence-corrected chi connectivity index (χ2v) is 6.75. The number of anilines is 2. The third kappa shape index (κ3) is 4.80. The number of nitrogens with one attached hydrogen (secondary N) is 2. The van der Waals surface area contributed by atoms with Gasteiger partial charge in [0.15, 0.2) is 0 Å². The van der Waals surface area contributed by atoms with Crippen LogP contribution in [-0.2, 0) is 16.0 Å². The zero-order valence-corrected chi connectivity index (χ0v) is 15.5. The highest BCUT2D eigenvalue weighted by atomic mass is 79.9. The number of amides is 1. The van der Waals surface area contributed by atoms with Gasteiger partial charge in [-0.15, -0.1) is 0 Å². The van der Waals surface area contributed by atoms with E-state index in [-0.39, 0.29) is 24.0 Å². The highest BCUT2D eigenvalue weighted by Crippen LogP contribution is 2.25. The molecule has 8 heteroatoms. The SMILES string of the molecule is O=C(Cc1ccc(Br)nc1)Nc1ccc(C(=O)O)cc1NC[C@@H]1CCO1. The maximum atomic E-state index is 12.3. The monoisotopic (exact) mass is 419 g/mol. The number of pyridine rings is 1. The summed E-state index contributed by atoms with van der Waals surface area (Å²) in [4.78, 5) is 27.6. The van der Waals surface area contributed by atoms with E-state index in [0.29, 0.717) is 22.5 Å². The van der Waals surface area contributed by atoms with E-state index in [9.17, 15) is 14.7 Å². The zero-order chi connectivity index (χ0) is 18.5. The number of carbonyl (C=O) groups is 2. The van der Waals surface area contributed by atoms with E-state index in [1.165, 1.54) is 12.1 Å². The first kappa shape index (κ1) is 18.3. The van der Waals surface area contributed by atoms with Crippen LogP contribution in [0.3, 0.4) is 0 Å². The number of nitrogens with zero attached hydrogens (tertiary/aromatic N) is 1. The maximum absolute atomic E-state index is 12.3. The van der Waals surface area contributed by atoms with Crippen molar-refractivity contribution in [1.29, 1.82) is 0 Å². The molecule has 0 radical (unpaired) electrons. The molecule has 1 atom stereocenters. The van der Waals surface area contributed by atoms with Gasteiger partial charge in [0, 0.05) is 19.3 Å². The van der Waals surface area contributed by atoms with Gasteiger partial charge in [-0.1, -0.05) is 6.07 Å². The fourth-order valence-electron chi connectivity index (χ4n) is 2.49. The van der Waals surface area contributed by atoms with Gasteiger partial charge in [-0.05, 0) is 52.2 Å². The lowest BCUT2D eigenvalue weighted by atomic mass is 10.1. The lowest BCUT2D eigenvalue weighted by Gasteiger charge is -2.27. The van der Waals surface area contributed by atoms with Crippen molar-refractivity contribution in [1.82, 2.24) is 4.98 Å². The summed E-state index contributed by atoms with van der Waals surface area (Å²) >= 11 is 3.25. The van der Waals surface area contributed by atoms with Crippen LogP contribution in [0.2, 0.25) is 0 Å². The Labute approximate surface area is 158 Å². The molecule has 0 bridgehead atoms. The minimum Gasteiger partial charge on any atom is -0.478 e. The Bertz CT molecular complexity index is 807. The van der Waals surface area contributed by atoms with Crippen molar-refractivity contribution >= 4 is 39.2 Å². The molecular formula is C18H18BrN3O4. The predicted octanol–water partition coefficient (Wildman–Crippen LogP) is 2.92. The lowest BCUT2D eigenvalue weighted by Crippen LogP contribution is -2.33. The van der Waals surface area contributed by atoms with Gasteiger partial charge >= 0.3 is 5.97 Å². The summed E-state index contributed by atoms with van der Waals surface area (Å²) in [7, 11) is 0. The van der Waals surface area contributed by atoms with Crippen LogP contribution >= 0.6 is 15.9 Å². The minimum atomic E-state index is -1.02. The molecule has 1 aliphatic rings. The van der Waals surface area contributed by atoms with Gasteiger partial charge in [-0.25, -0.2) is 9.78 Å². The third-order valence-electron chi connectivity index (χ3n) is 4.01. The fraction of sp³-hybridized carbons (Fsp3) is 0.278. The summed E-state index contributed by atoms with van der Waals surface area (Å²) in [6.45, 7) is 1.30. The van der Waals surface area contributed by atoms with E-state index in [1.807, 2.05) is 6.07 Å². The van der Waals surface area contributed by atoms with E-state index >= 15 is 0 Å². The molecule has 0 saturated carbocycles. The number of aromatic nitrogens is 1. The molecule has 1 fully saturated rings. The van der Waals surface area contributed by atoms with Crippen molar-refractivity contribution in [2.75, 3.05) is 23.8 Å². The minimum absolute atomic E-state index is 0.112. The molecule has 2 heterocycles. The molecule has 1 aliphatic heterocycles. The summed E-state index contributed by atoms with van der Waals surface area (Å²) in [6, 6.07) is 8.15. The molecule has 3 N–H and O–H groups in total. The molecule has 0 aliphatic carbocycles. The second-order valence-electron chi connectivity index (χ2n) is 5.94. The number of carbonyl (C=O) groups excluding carboxylic acids is 1. The van der Waals surface area contributed by atoms with Crippen LogP contribution in [0.4, 0.5) is 11.4 Å². The first-order chi connectivity index (χ1) is 12.5. The molecule has 26 heavy (non-hydrogen) atoms. The zero-order valence-electron chi connectivity index (χ0n) is 13.9. The van der Waals surface area contributed by atoms with Crippen molar-refractivity contribution in [2.24, 2.45) is 0 Å². The van der Waals surface area contributed by atoms with E-state index in [2.05, 4.69) is 31.5 Å². The van der Waals surface area contributed by atoms with Crippen molar-refractivity contribution in [3.63, 3.8) is 0 Å². The van der Waals surface area contributed by atoms with Gasteiger partial charge in [-0.2, -0.15) is 0 Å². The standard InChI is InChI=1S/C18H18BrN3O4/c19-16-4-1-11(9-21-16)7-17(23)22-14-3-2-12(18(24)25)8-15(14)20-10-13-5-6-26-13/h1-4,8-9,13,20H,5-7,10H2,(H,22,23)(H,24,25)/t13-/m0/s1. The highest BCUT2D eigenvalue weighted by molar-refractivity contribution is 9.10. The summed E-state index contributed by atoms with van der Waals surface area (Å²) in [5.41, 5.74) is 2.02. The first-order valence-corrected chi connectivity index (χ1v) is 8.93. The molecule has 136 valence electrons. The highest BCUT2D eigenvalue weighted by Gasteiger charge is 2.19. The van der Waals surface area contributed by atoms with Crippen molar-refractivity contribution in [3.8, 4) is 0 Å². The van der Waals surface area contributed by atoms with Gasteiger partial charge in [0.2, 0.25) is 5.91 Å². The molecular weight excluding hydrogens is 402 g/mol. The van der Waals surface area contributed by atoms with Gasteiger partial charge in [-0.3, -0.25) is 4.79 Å². The van der Waals surface area contributed by atoms with Crippen LogP contribution in [-0.4, -0.2) is 41.2 Å². The van der Waals surface area contributed by atoms with E-state index < -0.39 is 5.97 Å². The molecule has 1 amide bonds. The van der Waals surface area contributed by atoms with Gasteiger partial charge in [0.25, 0.3) is 0 Å². The molecule has 7 nitrogen and oxygen atoms in total. The summed E-state index contributed by atoms with van der Waals surface area (Å²) in [5.74, 6) is -1.23. The quantitative estimate of drug-likeness (QED) is 0.596. The molecule has 1 aromatic heterocycles.